The van der Waals surface area contributed by atoms with Gasteiger partial charge in [0.25, 0.3) is 0 Å². The molecule has 0 aromatic rings. The van der Waals surface area contributed by atoms with Crippen molar-refractivity contribution in [2.45, 2.75) is 50.9 Å². The molecule has 0 rings (SSSR count). The zero-order valence-electron chi connectivity index (χ0n) is 12.0. The number of ether oxygens (including phenoxy) is 1. The largest absolute Gasteiger partial charge is 1.00 e. The van der Waals surface area contributed by atoms with Gasteiger partial charge in [-0.1, -0.05) is 0 Å². The van der Waals surface area contributed by atoms with Crippen LogP contribution in [-0.4, -0.2) is 45.4 Å². The minimum absolute atomic E-state index is 0. The molecule has 0 aromatic carbocycles. The molecule has 0 heterocycles. The molecule has 110 valence electrons. The molecule has 0 radical (unpaired) electrons. The van der Waals surface area contributed by atoms with Crippen molar-refractivity contribution in [1.29, 1.82) is 0 Å². The van der Waals surface area contributed by atoms with Gasteiger partial charge in [-0.15, -0.1) is 0 Å². The molecule has 0 aliphatic carbocycles. The summed E-state index contributed by atoms with van der Waals surface area (Å²) < 4.78 is 4.94. The molecule has 0 amide bonds. The number of carbonyl (C=O) groups excluding carboxylic acids is 2. The van der Waals surface area contributed by atoms with E-state index in [0.717, 1.165) is 0 Å². The van der Waals surface area contributed by atoms with Crippen LogP contribution in [0.2, 0.25) is 0 Å². The van der Waals surface area contributed by atoms with Gasteiger partial charge in [-0.05, 0) is 27.2 Å². The minimum Gasteiger partial charge on any atom is -0.546 e. The number of esters is 1. The molecule has 2 atom stereocenters. The van der Waals surface area contributed by atoms with Crippen LogP contribution in [-0.2, 0) is 19.1 Å². The van der Waals surface area contributed by atoms with E-state index in [0.29, 0.717) is 0 Å². The number of carboxylic acid groups (broad SMARTS) is 2. The Kier molecular flexibility index (Phi) is 8.11. The summed E-state index contributed by atoms with van der Waals surface area (Å²) in [7, 11) is 0. The Morgan fingerprint density at radius 3 is 2.05 bits per heavy atom. The van der Waals surface area contributed by atoms with Gasteiger partial charge < -0.3 is 30.6 Å². The maximum absolute atomic E-state index is 11.4. The third kappa shape index (κ3) is 5.92. The van der Waals surface area contributed by atoms with E-state index in [1.165, 1.54) is 0 Å². The number of carbonyl (C=O) groups is 3. The number of rotatable bonds is 6. The van der Waals surface area contributed by atoms with Gasteiger partial charge >= 0.3 is 30.8 Å². The van der Waals surface area contributed by atoms with Gasteiger partial charge in [-0.2, -0.15) is 0 Å². The molecule has 20 heavy (non-hydrogen) atoms. The Hall–Kier alpha value is -1.07. The van der Waals surface area contributed by atoms with Crippen LogP contribution in [0.1, 0.15) is 33.6 Å². The minimum atomic E-state index is -3.23. The summed E-state index contributed by atoms with van der Waals surface area (Å²) in [6.07, 6.45) is -0.687. The van der Waals surface area contributed by atoms with Crippen LogP contribution in [0, 0.1) is 0 Å². The average molecular weight is 283 g/mol. The number of nitrogens with two attached hydrogens (primary N) is 1. The molecule has 0 spiro atoms. The maximum atomic E-state index is 11.4. The zero-order chi connectivity index (χ0) is 15.4. The molecule has 0 saturated heterocycles. The van der Waals surface area contributed by atoms with Crippen molar-refractivity contribution in [3.8, 4) is 0 Å². The van der Waals surface area contributed by atoms with Gasteiger partial charge in [0.1, 0.15) is 5.60 Å². The van der Waals surface area contributed by atoms with E-state index in [1.54, 1.807) is 20.8 Å². The summed E-state index contributed by atoms with van der Waals surface area (Å²) in [4.78, 5) is 32.7. The summed E-state index contributed by atoms with van der Waals surface area (Å²) in [5.74, 6) is -4.94. The molecule has 4 N–H and O–H groups in total. The van der Waals surface area contributed by atoms with Crippen LogP contribution in [0.15, 0.2) is 0 Å². The van der Waals surface area contributed by atoms with Gasteiger partial charge in [-0.25, -0.2) is 4.79 Å². The first-order valence-corrected chi connectivity index (χ1v) is 5.56. The monoisotopic (exact) mass is 283 g/mol. The fourth-order valence-electron chi connectivity index (χ4n) is 1.27. The Balaban J connectivity index is 0. The van der Waals surface area contributed by atoms with E-state index in [-0.39, 0.29) is 31.7 Å². The van der Waals surface area contributed by atoms with E-state index in [2.05, 4.69) is 0 Å². The van der Waals surface area contributed by atoms with Crippen molar-refractivity contribution >= 4 is 17.9 Å². The molecule has 0 aliphatic heterocycles. The first-order valence-electron chi connectivity index (χ1n) is 5.56. The quantitative estimate of drug-likeness (QED) is 0.249. The van der Waals surface area contributed by atoms with Crippen molar-refractivity contribution in [2.75, 3.05) is 0 Å². The normalized spacial score (nSPS) is 15.4. The van der Waals surface area contributed by atoms with Crippen LogP contribution >= 0.6 is 0 Å². The second-order valence-electron chi connectivity index (χ2n) is 5.09. The van der Waals surface area contributed by atoms with Crippen LogP contribution in [0.25, 0.3) is 0 Å². The predicted molar refractivity (Wildman–Crippen MR) is 60.6 cm³/mol. The number of aliphatic carboxylic acids is 2. The van der Waals surface area contributed by atoms with E-state index in [4.69, 9.17) is 15.6 Å². The van der Waals surface area contributed by atoms with Crippen LogP contribution in [0.4, 0.5) is 0 Å². The van der Waals surface area contributed by atoms with Crippen molar-refractivity contribution < 1.29 is 53.3 Å². The molecular formula is C11H18LiNO7. The standard InChI is InChI=1S/C11H19NO7.Li/c1-10(2,3)19-7(13)5-4-6(12)11(18,8(14)15)9(16)17;/h6,18H,4-5,12H2,1-3H3,(H,14,15)(H,16,17);/q;+1/p-1. The molecule has 0 bridgehead atoms. The van der Waals surface area contributed by atoms with Crippen molar-refractivity contribution in [3.05, 3.63) is 0 Å². The first kappa shape index (κ1) is 21.2. The number of aliphatic hydroxyl groups is 1. The molecule has 8 nitrogen and oxygen atoms in total. The average Bonchev–Trinajstić information content (AvgIpc) is 2.21. The summed E-state index contributed by atoms with van der Waals surface area (Å²) >= 11 is 0. The Morgan fingerprint density at radius 2 is 1.75 bits per heavy atom. The van der Waals surface area contributed by atoms with Gasteiger partial charge in [0.05, 0.1) is 12.0 Å². The Labute approximate surface area is 128 Å². The molecule has 9 heteroatoms. The van der Waals surface area contributed by atoms with Crippen molar-refractivity contribution in [1.82, 2.24) is 0 Å². The zero-order valence-corrected chi connectivity index (χ0v) is 12.0. The summed E-state index contributed by atoms with van der Waals surface area (Å²) in [5.41, 5.74) is 1.35. The van der Waals surface area contributed by atoms with E-state index in [1.807, 2.05) is 0 Å². The topological polar surface area (TPSA) is 150 Å². The molecular weight excluding hydrogens is 265 g/mol. The summed E-state index contributed by atoms with van der Waals surface area (Å²) in [5, 5.41) is 28.7. The Bertz CT molecular complexity index is 363. The van der Waals surface area contributed by atoms with E-state index >= 15 is 0 Å². The Morgan fingerprint density at radius 1 is 1.30 bits per heavy atom. The number of hydrogen-bond donors (Lipinski definition) is 3. The van der Waals surface area contributed by atoms with E-state index in [9.17, 15) is 24.6 Å². The van der Waals surface area contributed by atoms with Gasteiger partial charge in [0.2, 0.25) is 5.60 Å². The van der Waals surface area contributed by atoms with Crippen LogP contribution in [0.5, 0.6) is 0 Å². The number of hydrogen-bond acceptors (Lipinski definition) is 7. The van der Waals surface area contributed by atoms with Gasteiger partial charge in [-0.3, -0.25) is 4.79 Å². The second-order valence-corrected chi connectivity index (χ2v) is 5.09. The van der Waals surface area contributed by atoms with Crippen molar-refractivity contribution in [3.63, 3.8) is 0 Å². The molecule has 0 fully saturated rings. The SMILES string of the molecule is CC(C)(C)OC(=O)CCC(N)C(O)(C(=O)[O-])C(=O)O.[Li+]. The summed E-state index contributed by atoms with van der Waals surface area (Å²) in [6, 6.07) is -1.69. The first-order chi connectivity index (χ1) is 8.41. The number of carboxylic acids is 2. The molecule has 0 aliphatic rings. The van der Waals surface area contributed by atoms with E-state index < -0.39 is 35.2 Å². The molecule has 0 aromatic heterocycles. The predicted octanol–water partition coefficient (Wildman–Crippen LogP) is -4.99. The van der Waals surface area contributed by atoms with Crippen LogP contribution in [0.3, 0.4) is 0 Å². The van der Waals surface area contributed by atoms with Crippen LogP contribution < -0.4 is 29.7 Å². The smallest absolute Gasteiger partial charge is 0.546 e. The molecule has 2 unspecified atom stereocenters. The van der Waals surface area contributed by atoms with Gasteiger partial charge in [0, 0.05) is 6.42 Å². The third-order valence-corrected chi connectivity index (χ3v) is 2.25. The maximum Gasteiger partial charge on any atom is 1.00 e. The third-order valence-electron chi connectivity index (χ3n) is 2.25. The fraction of sp³-hybridized carbons (Fsp3) is 0.727. The van der Waals surface area contributed by atoms with Crippen molar-refractivity contribution in [2.24, 2.45) is 5.73 Å². The summed E-state index contributed by atoms with van der Waals surface area (Å²) in [6.45, 7) is 4.92. The van der Waals surface area contributed by atoms with Gasteiger partial charge in [0.15, 0.2) is 0 Å². The fourth-order valence-corrected chi connectivity index (χ4v) is 1.27. The second kappa shape index (κ2) is 7.64. The molecule has 0 saturated carbocycles.